The second kappa shape index (κ2) is 8.25. The van der Waals surface area contributed by atoms with Gasteiger partial charge in [0.05, 0.1) is 5.92 Å². The van der Waals surface area contributed by atoms with Gasteiger partial charge in [-0.1, -0.05) is 29.8 Å². The van der Waals surface area contributed by atoms with Crippen molar-refractivity contribution in [2.45, 2.75) is 27.2 Å². The summed E-state index contributed by atoms with van der Waals surface area (Å²) in [6, 6.07) is 13.1. The molecule has 1 heterocycles. The van der Waals surface area contributed by atoms with Gasteiger partial charge in [-0.2, -0.15) is 0 Å². The lowest BCUT2D eigenvalue weighted by Gasteiger charge is -2.20. The van der Waals surface area contributed by atoms with E-state index in [1.165, 1.54) is 0 Å². The first-order valence-electron chi connectivity index (χ1n) is 9.25. The molecule has 1 fully saturated rings. The van der Waals surface area contributed by atoms with Gasteiger partial charge in [0.2, 0.25) is 5.91 Å². The fourth-order valence-electron chi connectivity index (χ4n) is 3.21. The summed E-state index contributed by atoms with van der Waals surface area (Å²) in [5.41, 5.74) is 4.65. The summed E-state index contributed by atoms with van der Waals surface area (Å²) < 4.78 is 5.14. The summed E-state index contributed by atoms with van der Waals surface area (Å²) in [5.74, 6) is -1.62. The summed E-state index contributed by atoms with van der Waals surface area (Å²) in [6.07, 6.45) is 0.0891. The van der Waals surface area contributed by atoms with Crippen molar-refractivity contribution in [3.63, 3.8) is 0 Å². The van der Waals surface area contributed by atoms with E-state index in [9.17, 15) is 14.4 Å². The molecule has 1 N–H and O–H groups in total. The number of rotatable bonds is 5. The van der Waals surface area contributed by atoms with E-state index < -0.39 is 17.8 Å². The molecule has 1 saturated heterocycles. The molecule has 2 aromatic rings. The fourth-order valence-corrected chi connectivity index (χ4v) is 3.21. The first-order chi connectivity index (χ1) is 13.3. The maximum atomic E-state index is 12.4. The summed E-state index contributed by atoms with van der Waals surface area (Å²) in [4.78, 5) is 38.3. The molecule has 0 unspecified atom stereocenters. The normalized spacial score (nSPS) is 16.2. The minimum Gasteiger partial charge on any atom is -0.455 e. The number of carbonyl (C=O) groups is 3. The van der Waals surface area contributed by atoms with Gasteiger partial charge in [-0.15, -0.1) is 0 Å². The number of esters is 1. The number of nitrogens with zero attached hydrogens (tertiary/aromatic N) is 1. The van der Waals surface area contributed by atoms with Crippen molar-refractivity contribution in [3.8, 4) is 0 Å². The van der Waals surface area contributed by atoms with Crippen LogP contribution in [-0.4, -0.2) is 30.9 Å². The van der Waals surface area contributed by atoms with Crippen LogP contribution in [0, 0.1) is 26.7 Å². The van der Waals surface area contributed by atoms with Gasteiger partial charge in [0.25, 0.3) is 5.91 Å². The minimum atomic E-state index is -0.570. The van der Waals surface area contributed by atoms with Gasteiger partial charge in [0, 0.05) is 24.3 Å². The average molecular weight is 380 g/mol. The largest absolute Gasteiger partial charge is 0.455 e. The van der Waals surface area contributed by atoms with E-state index in [0.29, 0.717) is 5.69 Å². The Kier molecular flexibility index (Phi) is 5.78. The molecule has 6 heteroatoms. The lowest BCUT2D eigenvalue weighted by atomic mass is 10.1. The van der Waals surface area contributed by atoms with Gasteiger partial charge < -0.3 is 15.0 Å². The predicted octanol–water partition coefficient (Wildman–Crippen LogP) is 3.15. The van der Waals surface area contributed by atoms with Gasteiger partial charge in [-0.25, -0.2) is 0 Å². The van der Waals surface area contributed by atoms with E-state index in [0.717, 1.165) is 22.4 Å². The maximum Gasteiger partial charge on any atom is 0.311 e. The third-order valence-corrected chi connectivity index (χ3v) is 5.01. The number of anilines is 2. The van der Waals surface area contributed by atoms with Crippen LogP contribution in [0.5, 0.6) is 0 Å². The van der Waals surface area contributed by atoms with E-state index in [2.05, 4.69) is 5.32 Å². The number of nitrogens with one attached hydrogen (secondary N) is 1. The quantitative estimate of drug-likeness (QED) is 0.809. The molecule has 0 aromatic heterocycles. The Morgan fingerprint density at radius 3 is 2.54 bits per heavy atom. The third kappa shape index (κ3) is 4.39. The van der Waals surface area contributed by atoms with Gasteiger partial charge in [-0.3, -0.25) is 14.4 Å². The molecule has 0 radical (unpaired) electrons. The van der Waals surface area contributed by atoms with Crippen molar-refractivity contribution in [1.29, 1.82) is 0 Å². The summed E-state index contributed by atoms with van der Waals surface area (Å²) in [6.45, 7) is 5.79. The molecule has 2 aromatic carbocycles. The average Bonchev–Trinajstić information content (AvgIpc) is 3.05. The Morgan fingerprint density at radius 1 is 1.11 bits per heavy atom. The van der Waals surface area contributed by atoms with Crippen molar-refractivity contribution in [1.82, 2.24) is 0 Å². The third-order valence-electron chi connectivity index (χ3n) is 5.01. The van der Waals surface area contributed by atoms with Crippen LogP contribution in [0.15, 0.2) is 42.5 Å². The van der Waals surface area contributed by atoms with Gasteiger partial charge in [-0.05, 0) is 50.1 Å². The zero-order valence-corrected chi connectivity index (χ0v) is 16.3. The molecule has 0 aliphatic carbocycles. The topological polar surface area (TPSA) is 75.7 Å². The molecule has 1 aliphatic heterocycles. The number of hydrogen-bond acceptors (Lipinski definition) is 4. The number of amides is 2. The second-order valence-electron chi connectivity index (χ2n) is 7.15. The van der Waals surface area contributed by atoms with E-state index in [-0.39, 0.29) is 25.5 Å². The SMILES string of the molecule is Cc1ccc(NC(=O)COC(=O)[C@@H]2CC(=O)N(c3cccc(C)c3C)C2)cc1. The molecule has 6 nitrogen and oxygen atoms in total. The molecule has 1 aliphatic rings. The number of ether oxygens (including phenoxy) is 1. The zero-order chi connectivity index (χ0) is 20.3. The Hall–Kier alpha value is -3.15. The van der Waals surface area contributed by atoms with Crippen LogP contribution in [-0.2, 0) is 19.1 Å². The number of benzene rings is 2. The summed E-state index contributed by atoms with van der Waals surface area (Å²) in [5, 5.41) is 2.68. The highest BCUT2D eigenvalue weighted by molar-refractivity contribution is 6.00. The first-order valence-corrected chi connectivity index (χ1v) is 9.25. The van der Waals surface area contributed by atoms with Crippen LogP contribution in [0.1, 0.15) is 23.1 Å². The smallest absolute Gasteiger partial charge is 0.311 e. The van der Waals surface area contributed by atoms with Crippen LogP contribution in [0.2, 0.25) is 0 Å². The van der Waals surface area contributed by atoms with Crippen LogP contribution >= 0.6 is 0 Å². The second-order valence-corrected chi connectivity index (χ2v) is 7.15. The van der Waals surface area contributed by atoms with Gasteiger partial charge >= 0.3 is 5.97 Å². The highest BCUT2D eigenvalue weighted by Gasteiger charge is 2.37. The molecule has 0 spiro atoms. The molecule has 2 amide bonds. The number of aryl methyl sites for hydroxylation is 2. The highest BCUT2D eigenvalue weighted by Crippen LogP contribution is 2.29. The Labute approximate surface area is 164 Å². The van der Waals surface area contributed by atoms with E-state index in [1.54, 1.807) is 17.0 Å². The van der Waals surface area contributed by atoms with E-state index >= 15 is 0 Å². The summed E-state index contributed by atoms with van der Waals surface area (Å²) >= 11 is 0. The summed E-state index contributed by atoms with van der Waals surface area (Å²) in [7, 11) is 0. The van der Waals surface area contributed by atoms with Crippen molar-refractivity contribution >= 4 is 29.2 Å². The van der Waals surface area contributed by atoms with Gasteiger partial charge in [0.1, 0.15) is 0 Å². The first kappa shape index (κ1) is 19.6. The zero-order valence-electron chi connectivity index (χ0n) is 16.3. The van der Waals surface area contributed by atoms with Crippen LogP contribution in [0.25, 0.3) is 0 Å². The Balaban J connectivity index is 1.55. The van der Waals surface area contributed by atoms with Gasteiger partial charge in [0.15, 0.2) is 6.61 Å². The number of hydrogen-bond donors (Lipinski definition) is 1. The molecule has 1 atom stereocenters. The minimum absolute atomic E-state index is 0.0891. The molecule has 0 saturated carbocycles. The van der Waals surface area contributed by atoms with Crippen molar-refractivity contribution < 1.29 is 19.1 Å². The number of carbonyl (C=O) groups excluding carboxylic acids is 3. The molecule has 3 rings (SSSR count). The molecule has 0 bridgehead atoms. The molecular weight excluding hydrogens is 356 g/mol. The van der Waals surface area contributed by atoms with Crippen LogP contribution in [0.3, 0.4) is 0 Å². The monoisotopic (exact) mass is 380 g/mol. The van der Waals surface area contributed by atoms with Crippen molar-refractivity contribution in [3.05, 3.63) is 59.2 Å². The Bertz CT molecular complexity index is 905. The standard InChI is InChI=1S/C22H24N2O4/c1-14-7-9-18(10-8-14)23-20(25)13-28-22(27)17-11-21(26)24(12-17)19-6-4-5-15(2)16(19)3/h4-10,17H,11-13H2,1-3H3,(H,23,25)/t17-/m1/s1. The van der Waals surface area contributed by atoms with Crippen LogP contribution < -0.4 is 10.2 Å². The molecular formula is C22H24N2O4. The highest BCUT2D eigenvalue weighted by atomic mass is 16.5. The van der Waals surface area contributed by atoms with E-state index in [1.807, 2.05) is 51.1 Å². The molecule has 28 heavy (non-hydrogen) atoms. The fraction of sp³-hybridized carbons (Fsp3) is 0.318. The van der Waals surface area contributed by atoms with Crippen LogP contribution in [0.4, 0.5) is 11.4 Å². The lowest BCUT2D eigenvalue weighted by Crippen LogP contribution is -2.28. The van der Waals surface area contributed by atoms with Crippen molar-refractivity contribution in [2.75, 3.05) is 23.4 Å². The maximum absolute atomic E-state index is 12.4. The van der Waals surface area contributed by atoms with Crippen molar-refractivity contribution in [2.24, 2.45) is 5.92 Å². The Morgan fingerprint density at radius 2 is 1.82 bits per heavy atom. The lowest BCUT2D eigenvalue weighted by molar-refractivity contribution is -0.151. The predicted molar refractivity (Wildman–Crippen MR) is 107 cm³/mol. The molecule has 146 valence electrons. The van der Waals surface area contributed by atoms with E-state index in [4.69, 9.17) is 4.74 Å².